The number of hydrogen-bond donors (Lipinski definition) is 1. The second kappa shape index (κ2) is 3.82. The largest absolute Gasteiger partial charge is 0.448 e. The summed E-state index contributed by atoms with van der Waals surface area (Å²) in [6.45, 7) is 3.61. The molecule has 4 nitrogen and oxygen atoms in total. The molecule has 0 bridgehead atoms. The number of aromatic nitrogens is 1. The maximum atomic E-state index is 7.79. The zero-order valence-corrected chi connectivity index (χ0v) is 8.42. The fourth-order valence-electron chi connectivity index (χ4n) is 1.72. The Morgan fingerprint density at radius 1 is 1.57 bits per heavy atom. The number of nitrogens with zero attached hydrogens (tertiary/aromatic N) is 2. The summed E-state index contributed by atoms with van der Waals surface area (Å²) >= 11 is 0. The molecule has 1 N–H and O–H groups in total. The number of aryl methyl sites for hydroxylation is 1. The molecule has 0 radical (unpaired) electrons. The lowest BCUT2D eigenvalue weighted by molar-refractivity contribution is 0.355. The maximum absolute atomic E-state index is 7.79. The molecule has 1 aliphatic rings. The van der Waals surface area contributed by atoms with Crippen LogP contribution in [0.3, 0.4) is 0 Å². The van der Waals surface area contributed by atoms with Gasteiger partial charge in [-0.25, -0.2) is 4.98 Å². The predicted octanol–water partition coefficient (Wildman–Crippen LogP) is 1.95. The Morgan fingerprint density at radius 3 is 3.07 bits per heavy atom. The highest BCUT2D eigenvalue weighted by atomic mass is 16.3. The van der Waals surface area contributed by atoms with Crippen molar-refractivity contribution in [2.45, 2.75) is 32.7 Å². The lowest BCUT2D eigenvalue weighted by atomic mass is 10.1. The van der Waals surface area contributed by atoms with Gasteiger partial charge in [-0.1, -0.05) is 0 Å². The standard InChI is InChI=1S/C10H15N3O/c1-8-9(12-7-14-8)6-13-5-3-2-4-10(13)11/h7,11H,2-6H2,1H3. The number of rotatable bonds is 2. The van der Waals surface area contributed by atoms with Gasteiger partial charge in [-0.2, -0.15) is 0 Å². The van der Waals surface area contributed by atoms with Gasteiger partial charge in [0.25, 0.3) is 0 Å². The first-order valence-corrected chi connectivity index (χ1v) is 4.98. The molecular weight excluding hydrogens is 178 g/mol. The van der Waals surface area contributed by atoms with E-state index in [0.717, 1.165) is 43.2 Å². The Labute approximate surface area is 83.4 Å². The van der Waals surface area contributed by atoms with Gasteiger partial charge in [-0.3, -0.25) is 5.41 Å². The van der Waals surface area contributed by atoms with Crippen molar-refractivity contribution in [3.63, 3.8) is 0 Å². The Balaban J connectivity index is 2.03. The minimum Gasteiger partial charge on any atom is -0.448 e. The summed E-state index contributed by atoms with van der Waals surface area (Å²) in [5, 5.41) is 7.79. The zero-order chi connectivity index (χ0) is 9.97. The van der Waals surface area contributed by atoms with Crippen molar-refractivity contribution in [1.29, 1.82) is 5.41 Å². The lowest BCUT2D eigenvalue weighted by Gasteiger charge is -2.28. The third-order valence-electron chi connectivity index (χ3n) is 2.66. The molecule has 1 aliphatic heterocycles. The summed E-state index contributed by atoms with van der Waals surface area (Å²) in [6.07, 6.45) is 4.70. The van der Waals surface area contributed by atoms with Gasteiger partial charge in [-0.15, -0.1) is 0 Å². The summed E-state index contributed by atoms with van der Waals surface area (Å²) in [6, 6.07) is 0. The van der Waals surface area contributed by atoms with Gasteiger partial charge in [0.2, 0.25) is 0 Å². The maximum Gasteiger partial charge on any atom is 0.181 e. The van der Waals surface area contributed by atoms with E-state index < -0.39 is 0 Å². The van der Waals surface area contributed by atoms with Gasteiger partial charge >= 0.3 is 0 Å². The molecule has 1 saturated heterocycles. The van der Waals surface area contributed by atoms with E-state index in [0.29, 0.717) is 0 Å². The average Bonchev–Trinajstić information content (AvgIpc) is 2.56. The fourth-order valence-corrected chi connectivity index (χ4v) is 1.72. The normalized spacial score (nSPS) is 17.5. The SMILES string of the molecule is Cc1ocnc1CN1CCCCC1=N. The van der Waals surface area contributed by atoms with Crippen LogP contribution >= 0.6 is 0 Å². The van der Waals surface area contributed by atoms with Crippen LogP contribution in [0.15, 0.2) is 10.8 Å². The third kappa shape index (κ3) is 1.78. The molecular formula is C10H15N3O. The van der Waals surface area contributed by atoms with Crippen LogP contribution in [0.1, 0.15) is 30.7 Å². The van der Waals surface area contributed by atoms with Crippen molar-refractivity contribution < 1.29 is 4.42 Å². The van der Waals surface area contributed by atoms with Gasteiger partial charge < -0.3 is 9.32 Å². The van der Waals surface area contributed by atoms with Crippen LogP contribution in [0, 0.1) is 12.3 Å². The summed E-state index contributed by atoms with van der Waals surface area (Å²) < 4.78 is 5.13. The van der Waals surface area contributed by atoms with Gasteiger partial charge in [0.15, 0.2) is 6.39 Å². The van der Waals surface area contributed by atoms with Crippen molar-refractivity contribution in [2.75, 3.05) is 6.54 Å². The van der Waals surface area contributed by atoms with Gasteiger partial charge in [-0.05, 0) is 19.8 Å². The van der Waals surface area contributed by atoms with E-state index in [1.54, 1.807) is 0 Å². The number of piperidine rings is 1. The van der Waals surface area contributed by atoms with Crippen molar-refractivity contribution >= 4 is 5.84 Å². The summed E-state index contributed by atoms with van der Waals surface area (Å²) in [4.78, 5) is 6.22. The zero-order valence-electron chi connectivity index (χ0n) is 8.42. The van der Waals surface area contributed by atoms with Gasteiger partial charge in [0, 0.05) is 13.0 Å². The van der Waals surface area contributed by atoms with E-state index in [1.807, 2.05) is 6.92 Å². The topological polar surface area (TPSA) is 53.1 Å². The highest BCUT2D eigenvalue weighted by molar-refractivity contribution is 5.79. The highest BCUT2D eigenvalue weighted by Gasteiger charge is 2.16. The molecule has 0 spiro atoms. The van der Waals surface area contributed by atoms with Crippen LogP contribution in [0.25, 0.3) is 0 Å². The second-order valence-electron chi connectivity index (χ2n) is 3.68. The van der Waals surface area contributed by atoms with Crippen LogP contribution in [0.4, 0.5) is 0 Å². The Morgan fingerprint density at radius 2 is 2.43 bits per heavy atom. The molecule has 0 amide bonds. The monoisotopic (exact) mass is 193 g/mol. The molecule has 2 heterocycles. The minimum atomic E-state index is 0.723. The van der Waals surface area contributed by atoms with Crippen LogP contribution < -0.4 is 0 Å². The molecule has 0 aromatic carbocycles. The molecule has 0 unspecified atom stereocenters. The molecule has 2 rings (SSSR count). The van der Waals surface area contributed by atoms with E-state index in [1.165, 1.54) is 12.8 Å². The lowest BCUT2D eigenvalue weighted by Crippen LogP contribution is -2.34. The Kier molecular flexibility index (Phi) is 2.52. The first-order chi connectivity index (χ1) is 6.77. The first-order valence-electron chi connectivity index (χ1n) is 4.98. The molecule has 0 aliphatic carbocycles. The Bertz CT molecular complexity index is 332. The van der Waals surface area contributed by atoms with E-state index >= 15 is 0 Å². The molecule has 4 heteroatoms. The number of hydrogen-bond acceptors (Lipinski definition) is 3. The molecule has 0 atom stereocenters. The summed E-state index contributed by atoms with van der Waals surface area (Å²) in [7, 11) is 0. The molecule has 1 fully saturated rings. The van der Waals surface area contributed by atoms with Gasteiger partial charge in [0.1, 0.15) is 11.5 Å². The predicted molar refractivity (Wildman–Crippen MR) is 53.2 cm³/mol. The van der Waals surface area contributed by atoms with E-state index in [2.05, 4.69) is 9.88 Å². The second-order valence-corrected chi connectivity index (χ2v) is 3.68. The molecule has 76 valence electrons. The molecule has 1 aromatic heterocycles. The van der Waals surface area contributed by atoms with Crippen molar-refractivity contribution in [2.24, 2.45) is 0 Å². The van der Waals surface area contributed by atoms with Crippen molar-refractivity contribution in [3.05, 3.63) is 17.8 Å². The van der Waals surface area contributed by atoms with Crippen molar-refractivity contribution in [1.82, 2.24) is 9.88 Å². The molecule has 1 aromatic rings. The number of amidine groups is 1. The smallest absolute Gasteiger partial charge is 0.181 e. The Hall–Kier alpha value is -1.32. The molecule has 0 saturated carbocycles. The van der Waals surface area contributed by atoms with Crippen LogP contribution in [-0.4, -0.2) is 22.3 Å². The quantitative estimate of drug-likeness (QED) is 0.781. The third-order valence-corrected chi connectivity index (χ3v) is 2.66. The van der Waals surface area contributed by atoms with Crippen LogP contribution in [-0.2, 0) is 6.54 Å². The number of nitrogens with one attached hydrogen (secondary N) is 1. The fraction of sp³-hybridized carbons (Fsp3) is 0.600. The van der Waals surface area contributed by atoms with Crippen LogP contribution in [0.5, 0.6) is 0 Å². The summed E-state index contributed by atoms with van der Waals surface area (Å²) in [5.41, 5.74) is 0.955. The van der Waals surface area contributed by atoms with Gasteiger partial charge in [0.05, 0.1) is 12.4 Å². The van der Waals surface area contributed by atoms with Crippen molar-refractivity contribution in [3.8, 4) is 0 Å². The average molecular weight is 193 g/mol. The first kappa shape index (κ1) is 9.24. The molecule has 14 heavy (non-hydrogen) atoms. The summed E-state index contributed by atoms with van der Waals surface area (Å²) in [5.74, 6) is 1.60. The number of likely N-dealkylation sites (tertiary alicyclic amines) is 1. The highest BCUT2D eigenvalue weighted by Crippen LogP contribution is 2.15. The van der Waals surface area contributed by atoms with Crippen LogP contribution in [0.2, 0.25) is 0 Å². The van der Waals surface area contributed by atoms with E-state index in [9.17, 15) is 0 Å². The van der Waals surface area contributed by atoms with E-state index in [-0.39, 0.29) is 0 Å². The number of oxazole rings is 1. The van der Waals surface area contributed by atoms with E-state index in [4.69, 9.17) is 9.83 Å². The minimum absolute atomic E-state index is 0.723.